The number of carbonyl (C=O) groups excluding carboxylic acids is 1. The zero-order valence-corrected chi connectivity index (χ0v) is 11.3. The molecule has 2 rings (SSSR count). The summed E-state index contributed by atoms with van der Waals surface area (Å²) < 4.78 is 5.18. The molecule has 0 N–H and O–H groups in total. The van der Waals surface area contributed by atoms with Gasteiger partial charge in [0.15, 0.2) is 0 Å². The summed E-state index contributed by atoms with van der Waals surface area (Å²) >= 11 is 7.40. The predicted molar refractivity (Wildman–Crippen MR) is 61.5 cm³/mol. The number of ether oxygens (including phenoxy) is 1. The van der Waals surface area contributed by atoms with Crippen LogP contribution in [0.3, 0.4) is 0 Å². The fourth-order valence-corrected chi connectivity index (χ4v) is 4.83. The molecule has 0 aliphatic heterocycles. The van der Waals surface area contributed by atoms with Crippen LogP contribution in [-0.2, 0) is 9.53 Å². The minimum atomic E-state index is -0.167. The number of fused-ring (bicyclic) bond motifs is 1. The van der Waals surface area contributed by atoms with Crippen LogP contribution >= 0.6 is 31.9 Å². The Kier molecular flexibility index (Phi) is 2.95. The van der Waals surface area contributed by atoms with Gasteiger partial charge in [-0.15, -0.1) is 0 Å². The second kappa shape index (κ2) is 3.78. The maximum absolute atomic E-state index is 10.6. The maximum Gasteiger partial charge on any atom is 0.302 e. The van der Waals surface area contributed by atoms with Crippen LogP contribution in [0.1, 0.15) is 26.2 Å². The van der Waals surface area contributed by atoms with Crippen LogP contribution in [0.2, 0.25) is 0 Å². The molecule has 0 aromatic rings. The van der Waals surface area contributed by atoms with Crippen molar-refractivity contribution in [3.05, 3.63) is 0 Å². The summed E-state index contributed by atoms with van der Waals surface area (Å²) in [4.78, 5) is 10.6. The molecule has 0 aromatic carbocycles. The first kappa shape index (κ1) is 10.9. The van der Waals surface area contributed by atoms with Gasteiger partial charge >= 0.3 is 5.97 Å². The van der Waals surface area contributed by atoms with Gasteiger partial charge in [-0.3, -0.25) is 4.79 Å². The number of carbonyl (C=O) groups is 1. The van der Waals surface area contributed by atoms with E-state index in [-0.39, 0.29) is 9.20 Å². The molecule has 0 amide bonds. The minimum Gasteiger partial charge on any atom is -0.466 e. The Morgan fingerprint density at radius 2 is 2.21 bits per heavy atom. The van der Waals surface area contributed by atoms with Gasteiger partial charge in [-0.05, 0) is 37.0 Å². The van der Waals surface area contributed by atoms with Crippen LogP contribution in [-0.4, -0.2) is 15.8 Å². The summed E-state index contributed by atoms with van der Waals surface area (Å²) in [5.74, 6) is 2.10. The molecule has 80 valence electrons. The molecule has 0 radical (unpaired) electrons. The highest BCUT2D eigenvalue weighted by Crippen LogP contribution is 2.71. The summed E-state index contributed by atoms with van der Waals surface area (Å²) in [6.07, 6.45) is 3.60. The smallest absolute Gasteiger partial charge is 0.302 e. The summed E-state index contributed by atoms with van der Waals surface area (Å²) in [6.45, 7) is 2.05. The molecule has 0 spiro atoms. The van der Waals surface area contributed by atoms with E-state index in [1.165, 1.54) is 19.8 Å². The lowest BCUT2D eigenvalue weighted by Gasteiger charge is -2.14. The Hall–Kier alpha value is 0.430. The highest BCUT2D eigenvalue weighted by atomic mass is 79.9. The molecular formula is C10H14Br2O2. The van der Waals surface area contributed by atoms with Crippen LogP contribution in [0.5, 0.6) is 0 Å². The fourth-order valence-electron chi connectivity index (χ4n) is 2.68. The topological polar surface area (TPSA) is 26.3 Å². The van der Waals surface area contributed by atoms with Crippen LogP contribution in [0, 0.1) is 17.8 Å². The van der Waals surface area contributed by atoms with E-state index in [1.54, 1.807) is 0 Å². The second-order valence-corrected chi connectivity index (χ2v) is 7.96. The summed E-state index contributed by atoms with van der Waals surface area (Å²) in [5, 5.41) is 0. The number of hydrogen-bond donors (Lipinski definition) is 0. The van der Waals surface area contributed by atoms with Crippen LogP contribution in [0.25, 0.3) is 0 Å². The minimum absolute atomic E-state index is 0.167. The number of rotatable bonds is 3. The van der Waals surface area contributed by atoms with Gasteiger partial charge in [-0.1, -0.05) is 31.9 Å². The third-order valence-corrected chi connectivity index (χ3v) is 5.65. The first-order valence-corrected chi connectivity index (χ1v) is 6.63. The van der Waals surface area contributed by atoms with Crippen molar-refractivity contribution in [2.45, 2.75) is 29.4 Å². The van der Waals surface area contributed by atoms with Gasteiger partial charge in [0.1, 0.15) is 0 Å². The zero-order valence-electron chi connectivity index (χ0n) is 8.13. The molecular weight excluding hydrogens is 312 g/mol. The van der Waals surface area contributed by atoms with Crippen molar-refractivity contribution < 1.29 is 9.53 Å². The Labute approximate surface area is 101 Å². The quantitative estimate of drug-likeness (QED) is 0.589. The van der Waals surface area contributed by atoms with Crippen LogP contribution in [0.4, 0.5) is 0 Å². The van der Waals surface area contributed by atoms with Gasteiger partial charge in [0.2, 0.25) is 0 Å². The van der Waals surface area contributed by atoms with Crippen molar-refractivity contribution in [3.63, 3.8) is 0 Å². The van der Waals surface area contributed by atoms with E-state index < -0.39 is 0 Å². The van der Waals surface area contributed by atoms with E-state index in [2.05, 4.69) is 31.9 Å². The lowest BCUT2D eigenvalue weighted by atomic mass is 10.0. The lowest BCUT2D eigenvalue weighted by Crippen LogP contribution is -2.11. The average molecular weight is 326 g/mol. The monoisotopic (exact) mass is 324 g/mol. The van der Waals surface area contributed by atoms with Crippen molar-refractivity contribution >= 4 is 37.8 Å². The SMILES string of the molecule is CC(=O)OCC[C@H]1CC[C@H]2[C@@H]1C2(Br)Br. The lowest BCUT2D eigenvalue weighted by molar-refractivity contribution is -0.141. The molecule has 0 bridgehead atoms. The van der Waals surface area contributed by atoms with Gasteiger partial charge < -0.3 is 4.74 Å². The third kappa shape index (κ3) is 1.87. The molecule has 0 heterocycles. The maximum atomic E-state index is 10.6. The fraction of sp³-hybridized carbons (Fsp3) is 0.900. The van der Waals surface area contributed by atoms with E-state index in [1.807, 2.05) is 0 Å². The Bertz CT molecular complexity index is 253. The van der Waals surface area contributed by atoms with Crippen molar-refractivity contribution in [1.29, 1.82) is 0 Å². The van der Waals surface area contributed by atoms with E-state index in [0.717, 1.165) is 24.2 Å². The average Bonchev–Trinajstić information content (AvgIpc) is 2.45. The van der Waals surface area contributed by atoms with Gasteiger partial charge in [0.25, 0.3) is 0 Å². The largest absolute Gasteiger partial charge is 0.466 e. The molecule has 2 nitrogen and oxygen atoms in total. The molecule has 3 atom stereocenters. The Morgan fingerprint density at radius 3 is 2.71 bits per heavy atom. The third-order valence-electron chi connectivity index (χ3n) is 3.41. The number of hydrogen-bond acceptors (Lipinski definition) is 2. The molecule has 2 saturated carbocycles. The predicted octanol–water partition coefficient (Wildman–Crippen LogP) is 3.08. The van der Waals surface area contributed by atoms with Gasteiger partial charge in [0.05, 0.1) is 9.84 Å². The number of esters is 1. The highest BCUT2D eigenvalue weighted by Gasteiger charge is 2.67. The molecule has 2 aliphatic carbocycles. The van der Waals surface area contributed by atoms with Crippen LogP contribution in [0.15, 0.2) is 0 Å². The Balaban J connectivity index is 1.75. The number of halogens is 2. The Morgan fingerprint density at radius 1 is 1.50 bits per heavy atom. The second-order valence-electron chi connectivity index (χ2n) is 4.27. The first-order chi connectivity index (χ1) is 6.53. The van der Waals surface area contributed by atoms with E-state index in [4.69, 9.17) is 4.74 Å². The van der Waals surface area contributed by atoms with Crippen molar-refractivity contribution in [2.24, 2.45) is 17.8 Å². The summed E-state index contributed by atoms with van der Waals surface area (Å²) in [7, 11) is 0. The first-order valence-electron chi connectivity index (χ1n) is 5.04. The molecule has 0 aromatic heterocycles. The van der Waals surface area contributed by atoms with E-state index >= 15 is 0 Å². The molecule has 14 heavy (non-hydrogen) atoms. The molecule has 4 heteroatoms. The summed E-state index contributed by atoms with van der Waals surface area (Å²) in [6, 6.07) is 0. The standard InChI is InChI=1S/C10H14Br2O2/c1-6(13)14-5-4-7-2-3-8-9(7)10(8,11)12/h7-9H,2-5H2,1H3/t7-,8+,9-/m1/s1. The normalized spacial score (nSPS) is 37.8. The van der Waals surface area contributed by atoms with Crippen molar-refractivity contribution in [2.75, 3.05) is 6.61 Å². The highest BCUT2D eigenvalue weighted by molar-refractivity contribution is 9.25. The van der Waals surface area contributed by atoms with Crippen molar-refractivity contribution in [1.82, 2.24) is 0 Å². The summed E-state index contributed by atoms with van der Waals surface area (Å²) in [5.41, 5.74) is 0. The van der Waals surface area contributed by atoms with Gasteiger partial charge in [-0.2, -0.15) is 0 Å². The van der Waals surface area contributed by atoms with Gasteiger partial charge in [0, 0.05) is 6.92 Å². The van der Waals surface area contributed by atoms with Crippen LogP contribution < -0.4 is 0 Å². The number of alkyl halides is 2. The zero-order chi connectivity index (χ0) is 10.3. The van der Waals surface area contributed by atoms with Gasteiger partial charge in [-0.25, -0.2) is 0 Å². The van der Waals surface area contributed by atoms with E-state index in [0.29, 0.717) is 6.61 Å². The molecule has 0 saturated heterocycles. The molecule has 0 unspecified atom stereocenters. The molecule has 2 fully saturated rings. The van der Waals surface area contributed by atoms with E-state index in [9.17, 15) is 4.79 Å². The molecule has 2 aliphatic rings. The van der Waals surface area contributed by atoms with Crippen molar-refractivity contribution in [3.8, 4) is 0 Å².